The normalized spacial score (nSPS) is 11.6. The molecule has 0 aliphatic carbocycles. The van der Waals surface area contributed by atoms with Crippen LogP contribution < -0.4 is 5.32 Å². The second-order valence-electron chi connectivity index (χ2n) is 6.36. The van der Waals surface area contributed by atoms with Gasteiger partial charge in [-0.2, -0.15) is 4.31 Å². The summed E-state index contributed by atoms with van der Waals surface area (Å²) in [5.74, 6) is -0.394. The van der Waals surface area contributed by atoms with Gasteiger partial charge < -0.3 is 0 Å². The zero-order valence-corrected chi connectivity index (χ0v) is 18.2. The van der Waals surface area contributed by atoms with Gasteiger partial charge in [0.15, 0.2) is 5.13 Å². The van der Waals surface area contributed by atoms with Crippen molar-refractivity contribution in [2.45, 2.75) is 25.7 Å². The smallest absolute Gasteiger partial charge is 0.257 e. The molecule has 152 valence electrons. The Hall–Kier alpha value is -2.55. The van der Waals surface area contributed by atoms with Crippen molar-refractivity contribution in [3.05, 3.63) is 65.0 Å². The monoisotopic (exact) mass is 429 g/mol. The Morgan fingerprint density at radius 2 is 1.76 bits per heavy atom. The molecule has 1 N–H and O–H groups in total. The molecule has 3 rings (SSSR count). The molecule has 1 aromatic heterocycles. The fourth-order valence-corrected chi connectivity index (χ4v) is 5.33. The number of anilines is 1. The molecular formula is C21H23N3O3S2. The summed E-state index contributed by atoms with van der Waals surface area (Å²) in [5.41, 5.74) is 2.07. The van der Waals surface area contributed by atoms with E-state index in [-0.39, 0.29) is 10.5 Å². The highest BCUT2D eigenvalue weighted by Crippen LogP contribution is 2.30. The van der Waals surface area contributed by atoms with E-state index in [0.29, 0.717) is 18.2 Å². The molecular weight excluding hydrogens is 406 g/mol. The van der Waals surface area contributed by atoms with E-state index in [1.807, 2.05) is 37.3 Å². The second kappa shape index (κ2) is 8.86. The van der Waals surface area contributed by atoms with Crippen LogP contribution in [0, 0.1) is 6.92 Å². The molecule has 3 aromatic rings. The topological polar surface area (TPSA) is 79.4 Å². The molecule has 2 aromatic carbocycles. The van der Waals surface area contributed by atoms with Crippen LogP contribution in [0.3, 0.4) is 0 Å². The molecule has 0 bridgehead atoms. The molecule has 0 fully saturated rings. The third-order valence-electron chi connectivity index (χ3n) is 4.50. The summed E-state index contributed by atoms with van der Waals surface area (Å²) in [5, 5.41) is 3.26. The maximum atomic E-state index is 12.7. The molecule has 0 saturated heterocycles. The molecule has 8 heteroatoms. The quantitative estimate of drug-likeness (QED) is 0.604. The number of hydrogen-bond acceptors (Lipinski definition) is 5. The van der Waals surface area contributed by atoms with Crippen molar-refractivity contribution in [2.75, 3.05) is 18.4 Å². The largest absolute Gasteiger partial charge is 0.298 e. The highest BCUT2D eigenvalue weighted by molar-refractivity contribution is 7.89. The van der Waals surface area contributed by atoms with E-state index in [1.165, 1.54) is 27.8 Å². The lowest BCUT2D eigenvalue weighted by atomic mass is 10.1. The third-order valence-corrected chi connectivity index (χ3v) is 7.44. The van der Waals surface area contributed by atoms with Gasteiger partial charge in [0, 0.05) is 29.1 Å². The zero-order chi connectivity index (χ0) is 21.0. The van der Waals surface area contributed by atoms with E-state index in [1.54, 1.807) is 26.0 Å². The maximum Gasteiger partial charge on any atom is 0.257 e. The number of nitrogens with zero attached hydrogens (tertiary/aromatic N) is 2. The average Bonchev–Trinajstić information content (AvgIpc) is 3.09. The van der Waals surface area contributed by atoms with Crippen LogP contribution in [0.5, 0.6) is 0 Å². The number of sulfonamides is 1. The van der Waals surface area contributed by atoms with Crippen LogP contribution in [-0.2, 0) is 10.0 Å². The number of carbonyl (C=O) groups is 1. The Morgan fingerprint density at radius 1 is 1.07 bits per heavy atom. The van der Waals surface area contributed by atoms with Crippen LogP contribution in [0.25, 0.3) is 11.3 Å². The Labute approximate surface area is 175 Å². The van der Waals surface area contributed by atoms with Gasteiger partial charge in [-0.05, 0) is 25.1 Å². The Balaban J connectivity index is 1.84. The van der Waals surface area contributed by atoms with Crippen molar-refractivity contribution in [2.24, 2.45) is 0 Å². The number of thiazole rings is 1. The lowest BCUT2D eigenvalue weighted by Crippen LogP contribution is -2.30. The van der Waals surface area contributed by atoms with Gasteiger partial charge in [0.05, 0.1) is 10.6 Å². The van der Waals surface area contributed by atoms with Crippen molar-refractivity contribution >= 4 is 32.4 Å². The molecule has 1 amide bonds. The molecule has 0 saturated carbocycles. The zero-order valence-electron chi connectivity index (χ0n) is 16.5. The molecule has 29 heavy (non-hydrogen) atoms. The van der Waals surface area contributed by atoms with Crippen molar-refractivity contribution < 1.29 is 13.2 Å². The van der Waals surface area contributed by atoms with Gasteiger partial charge in [0.1, 0.15) is 0 Å². The molecule has 0 radical (unpaired) electrons. The molecule has 6 nitrogen and oxygen atoms in total. The molecule has 0 aliphatic rings. The van der Waals surface area contributed by atoms with Gasteiger partial charge in [-0.1, -0.05) is 50.2 Å². The second-order valence-corrected chi connectivity index (χ2v) is 9.50. The number of aryl methyl sites for hydroxylation is 1. The average molecular weight is 430 g/mol. The predicted molar refractivity (Wildman–Crippen MR) is 117 cm³/mol. The summed E-state index contributed by atoms with van der Waals surface area (Å²) in [6, 6.07) is 15.8. The van der Waals surface area contributed by atoms with Crippen molar-refractivity contribution in [1.29, 1.82) is 0 Å². The molecule has 0 atom stereocenters. The van der Waals surface area contributed by atoms with Crippen LogP contribution in [-0.4, -0.2) is 36.7 Å². The Kier molecular flexibility index (Phi) is 6.46. The van der Waals surface area contributed by atoms with Crippen molar-refractivity contribution in [3.63, 3.8) is 0 Å². The minimum absolute atomic E-state index is 0.106. The fraction of sp³-hybridized carbons (Fsp3) is 0.238. The standard InChI is InChI=1S/C21H23N3O3S2/c1-4-24(5-2)29(26,27)18-13-9-12-17(14-18)20(25)23-21-22-19(15(3)28-21)16-10-7-6-8-11-16/h6-14H,4-5H2,1-3H3,(H,22,23,25). The van der Waals surface area contributed by atoms with Crippen LogP contribution in [0.1, 0.15) is 29.1 Å². The summed E-state index contributed by atoms with van der Waals surface area (Å²) < 4.78 is 26.8. The molecule has 0 spiro atoms. The van der Waals surface area contributed by atoms with Crippen LogP contribution >= 0.6 is 11.3 Å². The van der Waals surface area contributed by atoms with Crippen LogP contribution in [0.15, 0.2) is 59.5 Å². The summed E-state index contributed by atoms with van der Waals surface area (Å²) >= 11 is 1.38. The first-order valence-electron chi connectivity index (χ1n) is 9.31. The first kappa shape index (κ1) is 21.2. The minimum Gasteiger partial charge on any atom is -0.298 e. The summed E-state index contributed by atoms with van der Waals surface area (Å²) in [6.45, 7) is 6.26. The highest BCUT2D eigenvalue weighted by Gasteiger charge is 2.23. The van der Waals surface area contributed by atoms with Gasteiger partial charge in [0.2, 0.25) is 10.0 Å². The van der Waals surface area contributed by atoms with E-state index in [9.17, 15) is 13.2 Å². The molecule has 1 heterocycles. The lowest BCUT2D eigenvalue weighted by Gasteiger charge is -2.18. The number of nitrogens with one attached hydrogen (secondary N) is 1. The number of aromatic nitrogens is 1. The lowest BCUT2D eigenvalue weighted by molar-refractivity contribution is 0.102. The number of benzene rings is 2. The Bertz CT molecular complexity index is 1110. The van der Waals surface area contributed by atoms with Gasteiger partial charge >= 0.3 is 0 Å². The Morgan fingerprint density at radius 3 is 2.41 bits per heavy atom. The van der Waals surface area contributed by atoms with E-state index >= 15 is 0 Å². The fourth-order valence-electron chi connectivity index (χ4n) is 2.99. The molecule has 0 aliphatic heterocycles. The van der Waals surface area contributed by atoms with Crippen molar-refractivity contribution in [3.8, 4) is 11.3 Å². The summed E-state index contributed by atoms with van der Waals surface area (Å²) in [7, 11) is -3.63. The third kappa shape index (κ3) is 4.55. The first-order chi connectivity index (χ1) is 13.9. The van der Waals surface area contributed by atoms with Crippen LogP contribution in [0.4, 0.5) is 5.13 Å². The van der Waals surface area contributed by atoms with Gasteiger partial charge in [-0.25, -0.2) is 13.4 Å². The van der Waals surface area contributed by atoms with Gasteiger partial charge in [0.25, 0.3) is 5.91 Å². The van der Waals surface area contributed by atoms with Gasteiger partial charge in [-0.3, -0.25) is 10.1 Å². The predicted octanol–water partition coefficient (Wildman–Crippen LogP) is 4.40. The van der Waals surface area contributed by atoms with Crippen molar-refractivity contribution in [1.82, 2.24) is 9.29 Å². The van der Waals surface area contributed by atoms with E-state index in [4.69, 9.17) is 0 Å². The minimum atomic E-state index is -3.63. The van der Waals surface area contributed by atoms with Crippen LogP contribution in [0.2, 0.25) is 0 Å². The number of rotatable bonds is 7. The number of amides is 1. The SMILES string of the molecule is CCN(CC)S(=O)(=O)c1cccc(C(=O)Nc2nc(-c3ccccc3)c(C)s2)c1. The van der Waals surface area contributed by atoms with E-state index < -0.39 is 15.9 Å². The van der Waals surface area contributed by atoms with Gasteiger partial charge in [-0.15, -0.1) is 11.3 Å². The first-order valence-corrected chi connectivity index (χ1v) is 11.6. The maximum absolute atomic E-state index is 12.7. The highest BCUT2D eigenvalue weighted by atomic mass is 32.2. The number of hydrogen-bond donors (Lipinski definition) is 1. The summed E-state index contributed by atoms with van der Waals surface area (Å²) in [4.78, 5) is 18.3. The van der Waals surface area contributed by atoms with E-state index in [2.05, 4.69) is 10.3 Å². The molecule has 0 unspecified atom stereocenters. The number of carbonyl (C=O) groups excluding carboxylic acids is 1. The van der Waals surface area contributed by atoms with E-state index in [0.717, 1.165) is 16.1 Å². The summed E-state index contributed by atoms with van der Waals surface area (Å²) in [6.07, 6.45) is 0.